The lowest BCUT2D eigenvalue weighted by molar-refractivity contribution is 0.634. The van der Waals surface area contributed by atoms with Gasteiger partial charge in [-0.2, -0.15) is 0 Å². The average molecular weight is 334 g/mol. The molecule has 124 valence electrons. The number of para-hydroxylation sites is 1. The Labute approximate surface area is 142 Å². The van der Waals surface area contributed by atoms with Crippen molar-refractivity contribution >= 4 is 34.0 Å². The number of nitrogens with zero attached hydrogens (tertiary/aromatic N) is 5. The fourth-order valence-electron chi connectivity index (χ4n) is 3.50. The molecule has 0 fully saturated rings. The quantitative estimate of drug-likeness (QED) is 0.542. The summed E-state index contributed by atoms with van der Waals surface area (Å²) in [6, 6.07) is 11.3. The van der Waals surface area contributed by atoms with Gasteiger partial charge in [0, 0.05) is 23.8 Å². The number of halogens is 1. The van der Waals surface area contributed by atoms with E-state index in [9.17, 15) is 4.39 Å². The average Bonchev–Trinajstić information content (AvgIpc) is 3.07. The Morgan fingerprint density at radius 1 is 1.12 bits per heavy atom. The number of nitrogens with two attached hydrogens (primary N) is 1. The Kier molecular flexibility index (Phi) is 2.91. The third-order valence-electron chi connectivity index (χ3n) is 4.69. The summed E-state index contributed by atoms with van der Waals surface area (Å²) in [6.45, 7) is 0.838. The van der Waals surface area contributed by atoms with Crippen molar-refractivity contribution in [1.29, 1.82) is 0 Å². The number of hydrogen-bond acceptors (Lipinski definition) is 5. The van der Waals surface area contributed by atoms with Crippen molar-refractivity contribution in [3.05, 3.63) is 54.0 Å². The van der Waals surface area contributed by atoms with Crippen LogP contribution >= 0.6 is 0 Å². The van der Waals surface area contributed by atoms with Gasteiger partial charge in [0.2, 0.25) is 5.95 Å². The second kappa shape index (κ2) is 5.14. The fourth-order valence-corrected chi connectivity index (χ4v) is 3.50. The van der Waals surface area contributed by atoms with E-state index in [1.54, 1.807) is 12.3 Å². The van der Waals surface area contributed by atoms with Crippen molar-refractivity contribution < 1.29 is 4.39 Å². The number of hydrogen-bond donors (Lipinski definition) is 1. The molecule has 1 aliphatic heterocycles. The van der Waals surface area contributed by atoms with E-state index in [2.05, 4.69) is 32.2 Å². The SMILES string of the molecule is Nc1cc2c(cnc3nnc(N4CCCc5ccccc54)n32)cc1F. The summed E-state index contributed by atoms with van der Waals surface area (Å²) in [7, 11) is 0. The van der Waals surface area contributed by atoms with Gasteiger partial charge in [0.1, 0.15) is 5.82 Å². The van der Waals surface area contributed by atoms with E-state index in [-0.39, 0.29) is 5.69 Å². The molecule has 25 heavy (non-hydrogen) atoms. The number of anilines is 3. The van der Waals surface area contributed by atoms with Crippen molar-refractivity contribution in [3.8, 4) is 0 Å². The molecule has 0 amide bonds. The van der Waals surface area contributed by atoms with Gasteiger partial charge < -0.3 is 10.6 Å². The highest BCUT2D eigenvalue weighted by Crippen LogP contribution is 2.33. The van der Waals surface area contributed by atoms with Gasteiger partial charge in [-0.1, -0.05) is 18.2 Å². The maximum Gasteiger partial charge on any atom is 0.256 e. The van der Waals surface area contributed by atoms with E-state index < -0.39 is 5.82 Å². The van der Waals surface area contributed by atoms with Crippen LogP contribution in [0.1, 0.15) is 12.0 Å². The number of nitrogen functional groups attached to an aromatic ring is 1. The number of benzene rings is 2. The normalized spacial score (nSPS) is 14.2. The molecule has 2 N–H and O–H groups in total. The van der Waals surface area contributed by atoms with Gasteiger partial charge in [0.15, 0.2) is 0 Å². The van der Waals surface area contributed by atoms with Crippen LogP contribution in [-0.4, -0.2) is 26.1 Å². The Morgan fingerprint density at radius 2 is 2.00 bits per heavy atom. The molecule has 0 atom stereocenters. The lowest BCUT2D eigenvalue weighted by Gasteiger charge is -2.29. The van der Waals surface area contributed by atoms with E-state index in [4.69, 9.17) is 5.73 Å². The predicted molar refractivity (Wildman–Crippen MR) is 94.4 cm³/mol. The second-order valence-corrected chi connectivity index (χ2v) is 6.21. The van der Waals surface area contributed by atoms with Gasteiger partial charge in [-0.05, 0) is 36.6 Å². The molecule has 7 heteroatoms. The lowest BCUT2D eigenvalue weighted by atomic mass is 10.0. The maximum atomic E-state index is 13.8. The lowest BCUT2D eigenvalue weighted by Crippen LogP contribution is -2.26. The van der Waals surface area contributed by atoms with Gasteiger partial charge in [0.25, 0.3) is 5.78 Å². The molecule has 6 nitrogen and oxygen atoms in total. The van der Waals surface area contributed by atoms with Gasteiger partial charge in [0.05, 0.1) is 11.2 Å². The first kappa shape index (κ1) is 14.2. The Balaban J connectivity index is 1.81. The minimum absolute atomic E-state index is 0.0960. The van der Waals surface area contributed by atoms with Crippen molar-refractivity contribution in [3.63, 3.8) is 0 Å². The second-order valence-electron chi connectivity index (χ2n) is 6.21. The largest absolute Gasteiger partial charge is 0.396 e. The zero-order chi connectivity index (χ0) is 17.0. The molecule has 0 saturated heterocycles. The maximum absolute atomic E-state index is 13.8. The number of fused-ring (bicyclic) bond motifs is 4. The molecule has 1 aliphatic rings. The highest BCUT2D eigenvalue weighted by Gasteiger charge is 2.23. The van der Waals surface area contributed by atoms with E-state index in [1.807, 2.05) is 16.5 Å². The monoisotopic (exact) mass is 334 g/mol. The molecular weight excluding hydrogens is 319 g/mol. The predicted octanol–water partition coefficient (Wildman–Crippen LogP) is 3.08. The summed E-state index contributed by atoms with van der Waals surface area (Å²) in [5.74, 6) is 0.689. The Bertz CT molecular complexity index is 1120. The summed E-state index contributed by atoms with van der Waals surface area (Å²) in [5.41, 5.74) is 9.03. The van der Waals surface area contributed by atoms with Crippen LogP contribution in [0.4, 0.5) is 21.7 Å². The summed E-state index contributed by atoms with van der Waals surface area (Å²) in [4.78, 5) is 6.45. The van der Waals surface area contributed by atoms with Crippen LogP contribution in [0.25, 0.3) is 16.7 Å². The molecule has 0 unspecified atom stereocenters. The highest BCUT2D eigenvalue weighted by atomic mass is 19.1. The van der Waals surface area contributed by atoms with Crippen LogP contribution in [0.5, 0.6) is 0 Å². The van der Waals surface area contributed by atoms with E-state index >= 15 is 0 Å². The van der Waals surface area contributed by atoms with Gasteiger partial charge in [-0.15, -0.1) is 10.2 Å². The number of rotatable bonds is 1. The van der Waals surface area contributed by atoms with Gasteiger partial charge >= 0.3 is 0 Å². The molecule has 0 bridgehead atoms. The van der Waals surface area contributed by atoms with Crippen LogP contribution in [0.15, 0.2) is 42.6 Å². The first-order valence-electron chi connectivity index (χ1n) is 8.17. The Morgan fingerprint density at radius 3 is 2.92 bits per heavy atom. The van der Waals surface area contributed by atoms with E-state index in [0.29, 0.717) is 17.1 Å². The molecule has 0 radical (unpaired) electrons. The molecule has 3 heterocycles. The minimum Gasteiger partial charge on any atom is -0.396 e. The molecule has 2 aromatic heterocycles. The van der Waals surface area contributed by atoms with Crippen LogP contribution < -0.4 is 10.6 Å². The Hall–Kier alpha value is -3.22. The molecule has 4 aromatic rings. The van der Waals surface area contributed by atoms with Crippen LogP contribution in [0.2, 0.25) is 0 Å². The number of aromatic nitrogens is 4. The third-order valence-corrected chi connectivity index (χ3v) is 4.69. The molecule has 0 saturated carbocycles. The van der Waals surface area contributed by atoms with Crippen molar-refractivity contribution in [2.24, 2.45) is 0 Å². The third kappa shape index (κ3) is 2.05. The first-order chi connectivity index (χ1) is 12.2. The first-order valence-corrected chi connectivity index (χ1v) is 8.17. The van der Waals surface area contributed by atoms with Crippen LogP contribution in [-0.2, 0) is 6.42 Å². The zero-order valence-corrected chi connectivity index (χ0v) is 13.4. The van der Waals surface area contributed by atoms with Crippen molar-refractivity contribution in [2.45, 2.75) is 12.8 Å². The van der Waals surface area contributed by atoms with E-state index in [0.717, 1.165) is 30.6 Å². The van der Waals surface area contributed by atoms with Gasteiger partial charge in [-0.25, -0.2) is 13.8 Å². The molecule has 0 aliphatic carbocycles. The zero-order valence-electron chi connectivity index (χ0n) is 13.4. The van der Waals surface area contributed by atoms with E-state index in [1.165, 1.54) is 11.6 Å². The van der Waals surface area contributed by atoms with Crippen LogP contribution in [0.3, 0.4) is 0 Å². The van der Waals surface area contributed by atoms with Crippen molar-refractivity contribution in [1.82, 2.24) is 19.6 Å². The highest BCUT2D eigenvalue weighted by molar-refractivity contribution is 5.85. The molecular formula is C18H15FN6. The summed E-state index contributed by atoms with van der Waals surface area (Å²) in [6.07, 6.45) is 3.66. The molecule has 0 spiro atoms. The van der Waals surface area contributed by atoms with Crippen LogP contribution in [0, 0.1) is 5.82 Å². The summed E-state index contributed by atoms with van der Waals surface area (Å²) in [5, 5.41) is 9.21. The van der Waals surface area contributed by atoms with Gasteiger partial charge in [-0.3, -0.25) is 0 Å². The van der Waals surface area contributed by atoms with Crippen molar-refractivity contribution in [2.75, 3.05) is 17.2 Å². The number of aryl methyl sites for hydroxylation is 1. The standard InChI is InChI=1S/C18H15FN6/c19-13-8-12-10-21-17-22-23-18(25(17)16(12)9-14(13)20)24-7-3-5-11-4-1-2-6-15(11)24/h1-2,4,6,8-10H,3,5,7,20H2. The fraction of sp³-hybridized carbons (Fsp3) is 0.167. The minimum atomic E-state index is -0.452. The summed E-state index contributed by atoms with van der Waals surface area (Å²) < 4.78 is 15.7. The molecule has 5 rings (SSSR count). The molecule has 2 aromatic carbocycles. The summed E-state index contributed by atoms with van der Waals surface area (Å²) >= 11 is 0. The smallest absolute Gasteiger partial charge is 0.256 e. The topological polar surface area (TPSA) is 72.3 Å².